The van der Waals surface area contributed by atoms with Crippen molar-refractivity contribution >= 4 is 39.8 Å². The summed E-state index contributed by atoms with van der Waals surface area (Å²) in [6, 6.07) is 11.5. The number of rotatable bonds is 6. The number of ether oxygens (including phenoxy) is 1. The molecule has 0 fully saturated rings. The van der Waals surface area contributed by atoms with Crippen molar-refractivity contribution in [3.05, 3.63) is 68.8 Å². The molecule has 6 nitrogen and oxygen atoms in total. The summed E-state index contributed by atoms with van der Waals surface area (Å²) in [4.78, 5) is 25.2. The molecule has 8 heteroatoms. The second kappa shape index (κ2) is 8.58. The minimum absolute atomic E-state index is 0.276. The van der Waals surface area contributed by atoms with Crippen molar-refractivity contribution in [3.8, 4) is 0 Å². The fourth-order valence-electron chi connectivity index (χ4n) is 2.79. The second-order valence-corrected chi connectivity index (χ2v) is 7.60. The number of nitrogens with one attached hydrogen (secondary N) is 1. The Kier molecular flexibility index (Phi) is 6.16. The van der Waals surface area contributed by atoms with E-state index in [9.17, 15) is 9.59 Å². The van der Waals surface area contributed by atoms with E-state index in [1.165, 1.54) is 11.3 Å². The van der Waals surface area contributed by atoms with Crippen LogP contribution < -0.4 is 5.32 Å². The summed E-state index contributed by atoms with van der Waals surface area (Å²) in [5.41, 5.74) is 2.65. The van der Waals surface area contributed by atoms with E-state index in [2.05, 4.69) is 10.4 Å². The third kappa shape index (κ3) is 4.26. The minimum Gasteiger partial charge on any atom is -0.462 e. The Bertz CT molecular complexity index is 1010. The van der Waals surface area contributed by atoms with Crippen LogP contribution in [0, 0.1) is 13.8 Å². The first-order chi connectivity index (χ1) is 13.4. The Morgan fingerprint density at radius 2 is 1.96 bits per heavy atom. The topological polar surface area (TPSA) is 73.2 Å². The molecule has 0 radical (unpaired) electrons. The lowest BCUT2D eigenvalue weighted by atomic mass is 10.2. The molecule has 0 spiro atoms. The molecule has 3 rings (SSSR count). The van der Waals surface area contributed by atoms with Gasteiger partial charge in [0.25, 0.3) is 5.91 Å². The van der Waals surface area contributed by atoms with Gasteiger partial charge in [-0.1, -0.05) is 41.9 Å². The smallest absolute Gasteiger partial charge is 0.348 e. The van der Waals surface area contributed by atoms with Crippen LogP contribution in [0.4, 0.5) is 5.00 Å². The van der Waals surface area contributed by atoms with Gasteiger partial charge in [-0.15, -0.1) is 11.3 Å². The summed E-state index contributed by atoms with van der Waals surface area (Å²) < 4.78 is 6.64. The van der Waals surface area contributed by atoms with Crippen LogP contribution in [0.5, 0.6) is 0 Å². The molecule has 0 aliphatic rings. The number of amides is 1. The highest BCUT2D eigenvalue weighted by molar-refractivity contribution is 7.18. The number of hydrogen-bond acceptors (Lipinski definition) is 5. The molecule has 0 aliphatic carbocycles. The maximum absolute atomic E-state index is 12.8. The molecule has 1 N–H and O–H groups in total. The number of aryl methyl sites for hydroxylation is 2. The molecular weight excluding hydrogens is 398 g/mol. The highest BCUT2D eigenvalue weighted by Crippen LogP contribution is 2.29. The SMILES string of the molecule is CCOC(=O)c1sc(NC(=O)c2c(C)nn(Cc3ccccc3)c2Cl)cc1C. The highest BCUT2D eigenvalue weighted by atomic mass is 35.5. The average Bonchev–Trinajstić information content (AvgIpc) is 3.15. The Labute approximate surface area is 172 Å². The Balaban J connectivity index is 1.80. The maximum atomic E-state index is 12.8. The molecule has 2 aromatic heterocycles. The van der Waals surface area contributed by atoms with E-state index in [4.69, 9.17) is 16.3 Å². The van der Waals surface area contributed by atoms with E-state index in [0.717, 1.165) is 11.1 Å². The zero-order valence-corrected chi connectivity index (χ0v) is 17.4. The van der Waals surface area contributed by atoms with Gasteiger partial charge in [0.05, 0.1) is 29.4 Å². The predicted octanol–water partition coefficient (Wildman–Crippen LogP) is 4.69. The largest absolute Gasteiger partial charge is 0.462 e. The molecule has 0 aliphatic heterocycles. The zero-order chi connectivity index (χ0) is 20.3. The van der Waals surface area contributed by atoms with Gasteiger partial charge in [-0.3, -0.25) is 4.79 Å². The van der Waals surface area contributed by atoms with Gasteiger partial charge in [-0.05, 0) is 38.0 Å². The lowest BCUT2D eigenvalue weighted by molar-refractivity contribution is 0.0531. The van der Waals surface area contributed by atoms with Crippen molar-refractivity contribution in [3.63, 3.8) is 0 Å². The van der Waals surface area contributed by atoms with Crippen molar-refractivity contribution in [1.29, 1.82) is 0 Å². The Morgan fingerprint density at radius 1 is 1.25 bits per heavy atom. The Hall–Kier alpha value is -2.64. The molecular formula is C20H20ClN3O3S. The highest BCUT2D eigenvalue weighted by Gasteiger charge is 2.22. The van der Waals surface area contributed by atoms with Crippen molar-refractivity contribution in [1.82, 2.24) is 9.78 Å². The number of nitrogens with zero attached hydrogens (tertiary/aromatic N) is 2. The van der Waals surface area contributed by atoms with Crippen molar-refractivity contribution in [2.24, 2.45) is 0 Å². The van der Waals surface area contributed by atoms with Gasteiger partial charge in [-0.2, -0.15) is 5.10 Å². The molecule has 0 saturated heterocycles. The standard InChI is InChI=1S/C20H20ClN3O3S/c1-4-27-20(26)17-12(2)10-15(28-17)22-19(25)16-13(3)23-24(18(16)21)11-14-8-6-5-7-9-14/h5-10H,4,11H2,1-3H3,(H,22,25). The van der Waals surface area contributed by atoms with Crippen LogP contribution in [-0.2, 0) is 11.3 Å². The van der Waals surface area contributed by atoms with Crippen LogP contribution >= 0.6 is 22.9 Å². The maximum Gasteiger partial charge on any atom is 0.348 e. The first-order valence-electron chi connectivity index (χ1n) is 8.76. The van der Waals surface area contributed by atoms with Gasteiger partial charge < -0.3 is 10.1 Å². The minimum atomic E-state index is -0.393. The van der Waals surface area contributed by atoms with Crippen molar-refractivity contribution in [2.75, 3.05) is 11.9 Å². The fourth-order valence-corrected chi connectivity index (χ4v) is 4.07. The number of thiophene rings is 1. The average molecular weight is 418 g/mol. The number of aromatic nitrogens is 2. The third-order valence-electron chi connectivity index (χ3n) is 4.08. The molecule has 2 heterocycles. The van der Waals surface area contributed by atoms with Gasteiger partial charge in [-0.25, -0.2) is 9.48 Å². The summed E-state index contributed by atoms with van der Waals surface area (Å²) in [5.74, 6) is -0.756. The summed E-state index contributed by atoms with van der Waals surface area (Å²) >= 11 is 7.61. The van der Waals surface area contributed by atoms with Gasteiger partial charge in [0.2, 0.25) is 0 Å². The molecule has 0 saturated carbocycles. The van der Waals surface area contributed by atoms with Gasteiger partial charge in [0.15, 0.2) is 0 Å². The summed E-state index contributed by atoms with van der Waals surface area (Å²) in [6.45, 7) is 6.06. The van der Waals surface area contributed by atoms with Crippen molar-refractivity contribution in [2.45, 2.75) is 27.3 Å². The number of carbonyl (C=O) groups excluding carboxylic acids is 2. The van der Waals surface area contributed by atoms with E-state index in [-0.39, 0.29) is 11.1 Å². The van der Waals surface area contributed by atoms with Crippen molar-refractivity contribution < 1.29 is 14.3 Å². The second-order valence-electron chi connectivity index (χ2n) is 6.19. The van der Waals surface area contributed by atoms with Crippen LogP contribution in [0.1, 0.15) is 43.8 Å². The van der Waals surface area contributed by atoms with Crippen LogP contribution in [0.15, 0.2) is 36.4 Å². The van der Waals surface area contributed by atoms with Gasteiger partial charge >= 0.3 is 5.97 Å². The Morgan fingerprint density at radius 3 is 2.64 bits per heavy atom. The summed E-state index contributed by atoms with van der Waals surface area (Å²) in [6.07, 6.45) is 0. The molecule has 0 unspecified atom stereocenters. The fraction of sp³-hybridized carbons (Fsp3) is 0.250. The van der Waals surface area contributed by atoms with Gasteiger partial charge in [0.1, 0.15) is 10.0 Å². The monoisotopic (exact) mass is 417 g/mol. The number of benzene rings is 1. The van der Waals surface area contributed by atoms with Crippen LogP contribution in [0.25, 0.3) is 0 Å². The normalized spacial score (nSPS) is 10.7. The van der Waals surface area contributed by atoms with E-state index in [1.807, 2.05) is 30.3 Å². The molecule has 3 aromatic rings. The summed E-state index contributed by atoms with van der Waals surface area (Å²) in [7, 11) is 0. The molecule has 1 aromatic carbocycles. The number of esters is 1. The first kappa shape index (κ1) is 20.1. The van der Waals surface area contributed by atoms with E-state index in [1.54, 1.807) is 31.5 Å². The number of hydrogen-bond donors (Lipinski definition) is 1. The van der Waals surface area contributed by atoms with Crippen LogP contribution in [-0.4, -0.2) is 28.3 Å². The predicted molar refractivity (Wildman–Crippen MR) is 110 cm³/mol. The first-order valence-corrected chi connectivity index (χ1v) is 9.95. The lowest BCUT2D eigenvalue weighted by Gasteiger charge is -2.04. The van der Waals surface area contributed by atoms with Gasteiger partial charge in [0, 0.05) is 0 Å². The zero-order valence-electron chi connectivity index (χ0n) is 15.8. The summed E-state index contributed by atoms with van der Waals surface area (Å²) in [5, 5.41) is 8.03. The molecule has 1 amide bonds. The van der Waals surface area contributed by atoms with E-state index >= 15 is 0 Å². The lowest BCUT2D eigenvalue weighted by Crippen LogP contribution is -2.12. The van der Waals surface area contributed by atoms with E-state index < -0.39 is 5.97 Å². The number of anilines is 1. The molecule has 0 bridgehead atoms. The molecule has 146 valence electrons. The van der Waals surface area contributed by atoms with Crippen LogP contribution in [0.3, 0.4) is 0 Å². The quantitative estimate of drug-likeness (QED) is 0.590. The number of carbonyl (C=O) groups is 2. The molecule has 0 atom stereocenters. The molecule has 28 heavy (non-hydrogen) atoms. The number of halogens is 1. The van der Waals surface area contributed by atoms with E-state index in [0.29, 0.717) is 34.3 Å². The van der Waals surface area contributed by atoms with Crippen LogP contribution in [0.2, 0.25) is 5.15 Å². The third-order valence-corrected chi connectivity index (χ3v) is 5.60.